The van der Waals surface area contributed by atoms with Gasteiger partial charge in [0.25, 0.3) is 0 Å². The molecule has 1 saturated heterocycles. The van der Waals surface area contributed by atoms with Crippen LogP contribution in [0.25, 0.3) is 0 Å². The largest absolute Gasteiger partial charge is 0.497 e. The van der Waals surface area contributed by atoms with Gasteiger partial charge in [-0.3, -0.25) is 4.99 Å². The van der Waals surface area contributed by atoms with E-state index in [2.05, 4.69) is 20.5 Å². The summed E-state index contributed by atoms with van der Waals surface area (Å²) in [5, 5.41) is 6.68. The highest BCUT2D eigenvalue weighted by atomic mass is 16.5. The number of nitrogens with zero attached hydrogens (tertiary/aromatic N) is 2. The molecular formula is C19H32N4O2. The van der Waals surface area contributed by atoms with Crippen molar-refractivity contribution in [1.29, 1.82) is 0 Å². The molecule has 0 radical (unpaired) electrons. The number of likely N-dealkylation sites (tertiary alicyclic amines) is 1. The summed E-state index contributed by atoms with van der Waals surface area (Å²) in [6, 6.07) is 7.66. The van der Waals surface area contributed by atoms with Gasteiger partial charge in [0.05, 0.1) is 13.7 Å². The van der Waals surface area contributed by atoms with E-state index < -0.39 is 0 Å². The molecule has 1 aromatic carbocycles. The molecule has 0 bridgehead atoms. The Morgan fingerprint density at radius 1 is 1.24 bits per heavy atom. The Morgan fingerprint density at radius 3 is 2.72 bits per heavy atom. The molecule has 1 aliphatic rings. The molecule has 25 heavy (non-hydrogen) atoms. The smallest absolute Gasteiger partial charge is 0.191 e. The molecule has 1 unspecified atom stereocenters. The van der Waals surface area contributed by atoms with Gasteiger partial charge in [0, 0.05) is 19.7 Å². The number of methoxy groups -OCH3 is 1. The number of guanidine groups is 1. The first kappa shape index (κ1) is 19.4. The van der Waals surface area contributed by atoms with Gasteiger partial charge in [-0.05, 0) is 58.0 Å². The maximum Gasteiger partial charge on any atom is 0.191 e. The first-order valence-corrected chi connectivity index (χ1v) is 9.19. The van der Waals surface area contributed by atoms with Crippen LogP contribution >= 0.6 is 0 Å². The fraction of sp³-hybridized carbons (Fsp3) is 0.632. The van der Waals surface area contributed by atoms with Crippen LogP contribution in [0.3, 0.4) is 0 Å². The molecule has 140 valence electrons. The van der Waals surface area contributed by atoms with E-state index in [0.717, 1.165) is 30.4 Å². The summed E-state index contributed by atoms with van der Waals surface area (Å²) in [5.74, 6) is 2.43. The van der Waals surface area contributed by atoms with Crippen LogP contribution in [0.5, 0.6) is 11.5 Å². The molecule has 0 saturated carbocycles. The third-order valence-electron chi connectivity index (χ3n) is 4.30. The van der Waals surface area contributed by atoms with Gasteiger partial charge in [0.1, 0.15) is 17.6 Å². The van der Waals surface area contributed by atoms with Gasteiger partial charge in [0.2, 0.25) is 0 Å². The molecule has 2 N–H and O–H groups in total. The van der Waals surface area contributed by atoms with Gasteiger partial charge in [-0.15, -0.1) is 0 Å². The van der Waals surface area contributed by atoms with Gasteiger partial charge >= 0.3 is 0 Å². The normalized spacial score (nSPS) is 16.5. The lowest BCUT2D eigenvalue weighted by molar-refractivity contribution is 0.223. The van der Waals surface area contributed by atoms with Crippen LogP contribution in [0.15, 0.2) is 29.3 Å². The van der Waals surface area contributed by atoms with Crippen molar-refractivity contribution in [3.05, 3.63) is 24.3 Å². The minimum absolute atomic E-state index is 0.0234. The van der Waals surface area contributed by atoms with Crippen molar-refractivity contribution in [2.24, 2.45) is 4.99 Å². The molecule has 0 spiro atoms. The van der Waals surface area contributed by atoms with Crippen LogP contribution in [-0.2, 0) is 0 Å². The zero-order chi connectivity index (χ0) is 17.9. The van der Waals surface area contributed by atoms with Crippen LogP contribution in [-0.4, -0.2) is 63.8 Å². The molecule has 1 aromatic rings. The predicted molar refractivity (Wildman–Crippen MR) is 103 cm³/mol. The van der Waals surface area contributed by atoms with Gasteiger partial charge in [-0.2, -0.15) is 0 Å². The van der Waals surface area contributed by atoms with E-state index in [4.69, 9.17) is 9.47 Å². The van der Waals surface area contributed by atoms with Crippen molar-refractivity contribution >= 4 is 5.96 Å². The molecule has 0 amide bonds. The lowest BCUT2D eigenvalue weighted by atomic mass is 10.3. The fourth-order valence-corrected chi connectivity index (χ4v) is 2.93. The van der Waals surface area contributed by atoms with Crippen LogP contribution in [0.2, 0.25) is 0 Å². The maximum absolute atomic E-state index is 5.91. The number of hydrogen-bond donors (Lipinski definition) is 2. The zero-order valence-electron chi connectivity index (χ0n) is 15.8. The van der Waals surface area contributed by atoms with Gasteiger partial charge in [0.15, 0.2) is 5.96 Å². The summed E-state index contributed by atoms with van der Waals surface area (Å²) in [6.07, 6.45) is 3.86. The van der Waals surface area contributed by atoms with E-state index in [1.165, 1.54) is 32.5 Å². The fourth-order valence-electron chi connectivity index (χ4n) is 2.93. The predicted octanol–water partition coefficient (Wildman–Crippen LogP) is 2.11. The molecule has 2 rings (SSSR count). The Labute approximate surface area is 151 Å². The Bertz CT molecular complexity index is 530. The SMILES string of the molecule is CN=C(NCCCN1CCCC1)NCC(C)Oc1cccc(OC)c1. The lowest BCUT2D eigenvalue weighted by Crippen LogP contribution is -2.42. The second-order valence-corrected chi connectivity index (χ2v) is 6.39. The molecule has 1 atom stereocenters. The molecule has 6 nitrogen and oxygen atoms in total. The van der Waals surface area contributed by atoms with Crippen molar-refractivity contribution in [1.82, 2.24) is 15.5 Å². The number of aliphatic imine (C=N–C) groups is 1. The topological polar surface area (TPSA) is 58.1 Å². The van der Waals surface area contributed by atoms with E-state index in [0.29, 0.717) is 6.54 Å². The monoisotopic (exact) mass is 348 g/mol. The molecule has 0 aromatic heterocycles. The highest BCUT2D eigenvalue weighted by Gasteiger charge is 2.10. The highest BCUT2D eigenvalue weighted by Crippen LogP contribution is 2.19. The first-order chi connectivity index (χ1) is 12.2. The van der Waals surface area contributed by atoms with Crippen LogP contribution < -0.4 is 20.1 Å². The minimum Gasteiger partial charge on any atom is -0.497 e. The third kappa shape index (κ3) is 7.22. The van der Waals surface area contributed by atoms with E-state index in [1.807, 2.05) is 31.2 Å². The number of nitrogens with one attached hydrogen (secondary N) is 2. The molecule has 1 heterocycles. The van der Waals surface area contributed by atoms with Crippen LogP contribution in [0.4, 0.5) is 0 Å². The quantitative estimate of drug-likeness (QED) is 0.407. The number of hydrogen-bond acceptors (Lipinski definition) is 4. The average Bonchev–Trinajstić information content (AvgIpc) is 3.14. The van der Waals surface area contributed by atoms with Crippen molar-refractivity contribution < 1.29 is 9.47 Å². The van der Waals surface area contributed by atoms with E-state index in [9.17, 15) is 0 Å². The second-order valence-electron chi connectivity index (χ2n) is 6.39. The third-order valence-corrected chi connectivity index (χ3v) is 4.30. The van der Waals surface area contributed by atoms with E-state index >= 15 is 0 Å². The number of ether oxygens (including phenoxy) is 2. The van der Waals surface area contributed by atoms with Gasteiger partial charge in [-0.25, -0.2) is 0 Å². The first-order valence-electron chi connectivity index (χ1n) is 9.19. The minimum atomic E-state index is 0.0234. The van der Waals surface area contributed by atoms with Crippen LogP contribution in [0.1, 0.15) is 26.2 Å². The highest BCUT2D eigenvalue weighted by molar-refractivity contribution is 5.79. The summed E-state index contributed by atoms with van der Waals surface area (Å²) in [4.78, 5) is 6.80. The molecule has 1 fully saturated rings. The van der Waals surface area contributed by atoms with Gasteiger partial charge in [-0.1, -0.05) is 6.07 Å². The molecule has 1 aliphatic heterocycles. The molecule has 6 heteroatoms. The lowest BCUT2D eigenvalue weighted by Gasteiger charge is -2.19. The number of benzene rings is 1. The van der Waals surface area contributed by atoms with Crippen LogP contribution in [0, 0.1) is 0 Å². The molecule has 0 aliphatic carbocycles. The molecular weight excluding hydrogens is 316 g/mol. The van der Waals surface area contributed by atoms with Crippen molar-refractivity contribution in [2.75, 3.05) is 46.9 Å². The average molecular weight is 348 g/mol. The van der Waals surface area contributed by atoms with E-state index in [1.54, 1.807) is 14.2 Å². The van der Waals surface area contributed by atoms with Crippen molar-refractivity contribution in [3.8, 4) is 11.5 Å². The van der Waals surface area contributed by atoms with E-state index in [-0.39, 0.29) is 6.10 Å². The summed E-state index contributed by atoms with van der Waals surface area (Å²) >= 11 is 0. The summed E-state index contributed by atoms with van der Waals surface area (Å²) < 4.78 is 11.1. The Kier molecular flexibility index (Phi) is 8.39. The Morgan fingerprint density at radius 2 is 2.00 bits per heavy atom. The number of rotatable bonds is 9. The van der Waals surface area contributed by atoms with Crippen molar-refractivity contribution in [2.45, 2.75) is 32.3 Å². The maximum atomic E-state index is 5.91. The summed E-state index contributed by atoms with van der Waals surface area (Å²) in [7, 11) is 3.45. The zero-order valence-corrected chi connectivity index (χ0v) is 15.8. The second kappa shape index (κ2) is 10.8. The standard InChI is InChI=1S/C19H32N4O2/c1-16(25-18-9-6-8-17(14-18)24-3)15-22-19(20-2)21-10-7-13-23-11-4-5-12-23/h6,8-9,14,16H,4-5,7,10-13,15H2,1-3H3,(H2,20,21,22). The van der Waals surface area contributed by atoms with Gasteiger partial charge < -0.3 is 25.0 Å². The summed E-state index contributed by atoms with van der Waals surface area (Å²) in [5.41, 5.74) is 0. The van der Waals surface area contributed by atoms with Crippen molar-refractivity contribution in [3.63, 3.8) is 0 Å². The summed E-state index contributed by atoms with van der Waals surface area (Å²) in [6.45, 7) is 7.33. The Balaban J connectivity index is 1.63. The Hall–Kier alpha value is -1.95.